The van der Waals surface area contributed by atoms with Crippen molar-refractivity contribution in [3.8, 4) is 11.5 Å². The molecule has 5 nitrogen and oxygen atoms in total. The molecule has 1 aliphatic heterocycles. The lowest BCUT2D eigenvalue weighted by molar-refractivity contribution is -0.123. The average Bonchev–Trinajstić information content (AvgIpc) is 2.72. The zero-order chi connectivity index (χ0) is 19.1. The largest absolute Gasteiger partial charge is 0.496 e. The molecule has 0 saturated carbocycles. The van der Waals surface area contributed by atoms with Crippen LogP contribution in [0.25, 0.3) is 0 Å². The summed E-state index contributed by atoms with van der Waals surface area (Å²) in [6, 6.07) is 13.9. The molecule has 3 rings (SSSR count). The second kappa shape index (κ2) is 8.86. The molecule has 1 fully saturated rings. The van der Waals surface area contributed by atoms with Gasteiger partial charge < -0.3 is 19.5 Å². The summed E-state index contributed by atoms with van der Waals surface area (Å²) < 4.78 is 29.9. The van der Waals surface area contributed by atoms with Gasteiger partial charge in [0.1, 0.15) is 5.75 Å². The molecule has 1 amide bonds. The van der Waals surface area contributed by atoms with Gasteiger partial charge in [0.05, 0.1) is 7.11 Å². The van der Waals surface area contributed by atoms with E-state index in [1.54, 1.807) is 19.2 Å². The van der Waals surface area contributed by atoms with E-state index in [-0.39, 0.29) is 23.7 Å². The van der Waals surface area contributed by atoms with E-state index in [4.69, 9.17) is 14.2 Å². The highest BCUT2D eigenvalue weighted by Gasteiger charge is 2.37. The van der Waals surface area contributed by atoms with Crippen LogP contribution in [0.15, 0.2) is 48.5 Å². The summed E-state index contributed by atoms with van der Waals surface area (Å²) in [5.41, 5.74) is 0.796. The van der Waals surface area contributed by atoms with Gasteiger partial charge in [-0.25, -0.2) is 4.39 Å². The molecule has 1 heterocycles. The van der Waals surface area contributed by atoms with Crippen LogP contribution in [-0.4, -0.2) is 39.4 Å². The Morgan fingerprint density at radius 2 is 1.78 bits per heavy atom. The fourth-order valence-electron chi connectivity index (χ4n) is 3.41. The molecule has 0 spiro atoms. The van der Waals surface area contributed by atoms with Crippen molar-refractivity contribution in [2.45, 2.75) is 18.3 Å². The maximum absolute atomic E-state index is 13.6. The zero-order valence-corrected chi connectivity index (χ0v) is 15.4. The molecule has 0 unspecified atom stereocenters. The van der Waals surface area contributed by atoms with Gasteiger partial charge in [0, 0.05) is 30.7 Å². The van der Waals surface area contributed by atoms with Gasteiger partial charge in [-0.15, -0.1) is 0 Å². The van der Waals surface area contributed by atoms with Crippen LogP contribution < -0.4 is 14.8 Å². The molecule has 6 heteroatoms. The predicted octanol–water partition coefficient (Wildman–Crippen LogP) is 3.08. The van der Waals surface area contributed by atoms with E-state index in [9.17, 15) is 9.18 Å². The minimum absolute atomic E-state index is 0.0677. The highest BCUT2D eigenvalue weighted by Crippen LogP contribution is 2.39. The first kappa shape index (κ1) is 19.2. The van der Waals surface area contributed by atoms with E-state index >= 15 is 0 Å². The molecule has 0 aromatic heterocycles. The van der Waals surface area contributed by atoms with Crippen molar-refractivity contribution in [2.75, 3.05) is 33.5 Å². The number of carbonyl (C=O) groups is 1. The third kappa shape index (κ3) is 4.57. The molecule has 1 saturated heterocycles. The Kier molecular flexibility index (Phi) is 6.29. The smallest absolute Gasteiger partial charge is 0.257 e. The Morgan fingerprint density at radius 1 is 1.11 bits per heavy atom. The van der Waals surface area contributed by atoms with Crippen molar-refractivity contribution in [1.29, 1.82) is 0 Å². The van der Waals surface area contributed by atoms with Gasteiger partial charge in [-0.05, 0) is 31.0 Å². The van der Waals surface area contributed by atoms with Crippen LogP contribution in [0.2, 0.25) is 0 Å². The van der Waals surface area contributed by atoms with Crippen LogP contribution in [0.1, 0.15) is 18.4 Å². The number of carbonyl (C=O) groups excluding carboxylic acids is 1. The van der Waals surface area contributed by atoms with Crippen molar-refractivity contribution in [3.05, 3.63) is 59.9 Å². The Morgan fingerprint density at radius 3 is 2.48 bits per heavy atom. The number of hydrogen-bond donors (Lipinski definition) is 1. The first-order chi connectivity index (χ1) is 13.1. The Balaban J connectivity index is 1.66. The topological polar surface area (TPSA) is 56.8 Å². The maximum Gasteiger partial charge on any atom is 0.257 e. The fraction of sp³-hybridized carbons (Fsp3) is 0.381. The standard InChI is InChI=1S/C21H24FNO4/c1-25-18-8-4-2-6-16(18)21(10-12-26-13-11-21)15-23-20(24)14-27-19-9-5-3-7-17(19)22/h2-9H,10-15H2,1H3,(H,23,24). The quantitative estimate of drug-likeness (QED) is 0.810. The SMILES string of the molecule is COc1ccccc1C1(CNC(=O)COc2ccccc2F)CCOCC1. The van der Waals surface area contributed by atoms with E-state index in [1.165, 1.54) is 12.1 Å². The van der Waals surface area contributed by atoms with E-state index in [0.29, 0.717) is 19.8 Å². The number of nitrogens with one attached hydrogen (secondary N) is 1. The maximum atomic E-state index is 13.6. The Bertz CT molecular complexity index is 774. The van der Waals surface area contributed by atoms with Gasteiger partial charge in [0.15, 0.2) is 18.2 Å². The molecule has 2 aromatic carbocycles. The summed E-state index contributed by atoms with van der Waals surface area (Å²) in [4.78, 5) is 12.3. The predicted molar refractivity (Wildman–Crippen MR) is 99.6 cm³/mol. The number of para-hydroxylation sites is 2. The van der Waals surface area contributed by atoms with Gasteiger partial charge in [0.2, 0.25) is 0 Å². The third-order valence-corrected chi connectivity index (χ3v) is 4.95. The lowest BCUT2D eigenvalue weighted by Gasteiger charge is -2.38. The van der Waals surface area contributed by atoms with Crippen LogP contribution in [-0.2, 0) is 14.9 Å². The van der Waals surface area contributed by atoms with Gasteiger partial charge >= 0.3 is 0 Å². The van der Waals surface area contributed by atoms with Crippen molar-refractivity contribution in [3.63, 3.8) is 0 Å². The lowest BCUT2D eigenvalue weighted by atomic mass is 9.73. The highest BCUT2D eigenvalue weighted by molar-refractivity contribution is 5.77. The highest BCUT2D eigenvalue weighted by atomic mass is 19.1. The average molecular weight is 373 g/mol. The van der Waals surface area contributed by atoms with Crippen molar-refractivity contribution < 1.29 is 23.4 Å². The third-order valence-electron chi connectivity index (χ3n) is 4.95. The number of benzene rings is 2. The monoisotopic (exact) mass is 373 g/mol. The summed E-state index contributed by atoms with van der Waals surface area (Å²) in [7, 11) is 1.65. The molecule has 0 aliphatic carbocycles. The molecule has 0 radical (unpaired) electrons. The lowest BCUT2D eigenvalue weighted by Crippen LogP contribution is -2.45. The zero-order valence-electron chi connectivity index (χ0n) is 15.4. The molecular weight excluding hydrogens is 349 g/mol. The number of hydrogen-bond acceptors (Lipinski definition) is 4. The Labute approximate surface area is 158 Å². The molecule has 0 bridgehead atoms. The number of methoxy groups -OCH3 is 1. The van der Waals surface area contributed by atoms with Crippen LogP contribution >= 0.6 is 0 Å². The molecular formula is C21H24FNO4. The number of amides is 1. The van der Waals surface area contributed by atoms with Crippen molar-refractivity contribution in [2.24, 2.45) is 0 Å². The normalized spacial score (nSPS) is 15.8. The van der Waals surface area contributed by atoms with E-state index < -0.39 is 5.82 Å². The van der Waals surface area contributed by atoms with Crippen LogP contribution in [0.3, 0.4) is 0 Å². The van der Waals surface area contributed by atoms with Crippen molar-refractivity contribution >= 4 is 5.91 Å². The second-order valence-electron chi connectivity index (χ2n) is 6.59. The first-order valence-electron chi connectivity index (χ1n) is 9.00. The van der Waals surface area contributed by atoms with Crippen LogP contribution in [0, 0.1) is 5.82 Å². The van der Waals surface area contributed by atoms with Gasteiger partial charge in [0.25, 0.3) is 5.91 Å². The molecule has 27 heavy (non-hydrogen) atoms. The van der Waals surface area contributed by atoms with E-state index in [2.05, 4.69) is 5.32 Å². The molecule has 1 aliphatic rings. The molecule has 1 N–H and O–H groups in total. The number of rotatable bonds is 7. The summed E-state index contributed by atoms with van der Waals surface area (Å²) in [5, 5.41) is 2.94. The molecule has 0 atom stereocenters. The van der Waals surface area contributed by atoms with Crippen LogP contribution in [0.4, 0.5) is 4.39 Å². The first-order valence-corrected chi connectivity index (χ1v) is 9.00. The van der Waals surface area contributed by atoms with Gasteiger partial charge in [-0.1, -0.05) is 30.3 Å². The number of halogens is 1. The molecule has 144 valence electrons. The summed E-state index contributed by atoms with van der Waals surface area (Å²) in [5.74, 6) is 0.0913. The molecule has 2 aromatic rings. The minimum atomic E-state index is -0.486. The fourth-order valence-corrected chi connectivity index (χ4v) is 3.41. The van der Waals surface area contributed by atoms with Crippen LogP contribution in [0.5, 0.6) is 11.5 Å². The summed E-state index contributed by atoms with van der Waals surface area (Å²) in [6.45, 7) is 1.45. The summed E-state index contributed by atoms with van der Waals surface area (Å²) >= 11 is 0. The Hall–Kier alpha value is -2.60. The van der Waals surface area contributed by atoms with Gasteiger partial charge in [-0.3, -0.25) is 4.79 Å². The van der Waals surface area contributed by atoms with E-state index in [1.807, 2.05) is 24.3 Å². The number of ether oxygens (including phenoxy) is 3. The van der Waals surface area contributed by atoms with Gasteiger partial charge in [-0.2, -0.15) is 0 Å². The summed E-state index contributed by atoms with van der Waals surface area (Å²) in [6.07, 6.45) is 1.56. The van der Waals surface area contributed by atoms with E-state index in [0.717, 1.165) is 24.2 Å². The minimum Gasteiger partial charge on any atom is -0.496 e. The van der Waals surface area contributed by atoms with Crippen molar-refractivity contribution in [1.82, 2.24) is 5.32 Å². The second-order valence-corrected chi connectivity index (χ2v) is 6.59.